The van der Waals surface area contributed by atoms with Gasteiger partial charge in [-0.05, 0) is 12.5 Å². The Hall–Kier alpha value is 0.390. The summed E-state index contributed by atoms with van der Waals surface area (Å²) in [6, 6.07) is 0. The molecule has 13 heavy (non-hydrogen) atoms. The summed E-state index contributed by atoms with van der Waals surface area (Å²) in [5.74, 6) is 0. The molecular formula is C10H20INO. The van der Waals surface area contributed by atoms with E-state index in [2.05, 4.69) is 34.6 Å². The Kier molecular flexibility index (Phi) is 4.90. The summed E-state index contributed by atoms with van der Waals surface area (Å²) >= 11 is 0. The summed E-state index contributed by atoms with van der Waals surface area (Å²) < 4.78 is 6.70. The minimum absolute atomic E-state index is 0. The molecule has 0 amide bonds. The van der Waals surface area contributed by atoms with Crippen LogP contribution in [-0.4, -0.2) is 44.4 Å². The quantitative estimate of drug-likeness (QED) is 0.340. The van der Waals surface area contributed by atoms with Gasteiger partial charge in [0.05, 0.1) is 27.2 Å². The van der Waals surface area contributed by atoms with E-state index in [1.807, 2.05) is 0 Å². The van der Waals surface area contributed by atoms with Crippen LogP contribution in [0.5, 0.6) is 0 Å². The van der Waals surface area contributed by atoms with Crippen molar-refractivity contribution >= 4 is 0 Å². The van der Waals surface area contributed by atoms with Gasteiger partial charge in [-0.3, -0.25) is 0 Å². The van der Waals surface area contributed by atoms with Crippen LogP contribution in [0.1, 0.15) is 13.3 Å². The molecule has 2 atom stereocenters. The molecule has 3 heteroatoms. The highest BCUT2D eigenvalue weighted by Crippen LogP contribution is 2.24. The smallest absolute Gasteiger partial charge is 0.111 e. The van der Waals surface area contributed by atoms with Crippen LogP contribution in [-0.2, 0) is 4.74 Å². The van der Waals surface area contributed by atoms with Crippen molar-refractivity contribution in [2.75, 3.05) is 27.7 Å². The Morgan fingerprint density at radius 3 is 2.31 bits per heavy atom. The average Bonchev–Trinajstić information content (AvgIpc) is 2.07. The van der Waals surface area contributed by atoms with E-state index in [-0.39, 0.29) is 30.1 Å². The first-order chi connectivity index (χ1) is 5.38. The van der Waals surface area contributed by atoms with Gasteiger partial charge in [-0.2, -0.15) is 0 Å². The van der Waals surface area contributed by atoms with E-state index in [0.29, 0.717) is 6.10 Å². The molecule has 1 fully saturated rings. The third kappa shape index (κ3) is 4.42. The van der Waals surface area contributed by atoms with Crippen LogP contribution >= 0.6 is 0 Å². The van der Waals surface area contributed by atoms with Gasteiger partial charge >= 0.3 is 0 Å². The molecular weight excluding hydrogens is 277 g/mol. The summed E-state index contributed by atoms with van der Waals surface area (Å²) in [7, 11) is 6.57. The predicted octanol–water partition coefficient (Wildman–Crippen LogP) is -1.57. The topological polar surface area (TPSA) is 9.23 Å². The van der Waals surface area contributed by atoms with Gasteiger partial charge in [0.2, 0.25) is 0 Å². The number of hydrogen-bond donors (Lipinski definition) is 0. The molecule has 78 valence electrons. The Morgan fingerprint density at radius 1 is 1.46 bits per heavy atom. The molecule has 0 radical (unpaired) electrons. The maximum Gasteiger partial charge on any atom is 0.111 e. The second-order valence-corrected chi connectivity index (χ2v) is 4.74. The third-order valence-electron chi connectivity index (χ3n) is 2.21. The molecule has 2 nitrogen and oxygen atoms in total. The minimum atomic E-state index is 0. The Labute approximate surface area is 98.6 Å². The summed E-state index contributed by atoms with van der Waals surface area (Å²) in [4.78, 5) is 0. The average molecular weight is 297 g/mol. The Balaban J connectivity index is 0.00000144. The number of rotatable bonds is 2. The van der Waals surface area contributed by atoms with E-state index >= 15 is 0 Å². The summed E-state index contributed by atoms with van der Waals surface area (Å²) in [5.41, 5.74) is 1.24. The fourth-order valence-corrected chi connectivity index (χ4v) is 1.61. The lowest BCUT2D eigenvalue weighted by molar-refractivity contribution is -0.873. The van der Waals surface area contributed by atoms with Gasteiger partial charge in [-0.15, -0.1) is 0 Å². The van der Waals surface area contributed by atoms with E-state index in [1.54, 1.807) is 0 Å². The van der Waals surface area contributed by atoms with E-state index < -0.39 is 0 Å². The highest BCUT2D eigenvalue weighted by atomic mass is 127. The van der Waals surface area contributed by atoms with Crippen LogP contribution in [0, 0.1) is 0 Å². The van der Waals surface area contributed by atoms with Gasteiger partial charge in [0.15, 0.2) is 0 Å². The van der Waals surface area contributed by atoms with E-state index in [0.717, 1.165) is 17.4 Å². The zero-order valence-corrected chi connectivity index (χ0v) is 11.2. The molecule has 1 aliphatic heterocycles. The van der Waals surface area contributed by atoms with Gasteiger partial charge in [0.25, 0.3) is 0 Å². The summed E-state index contributed by atoms with van der Waals surface area (Å²) in [6.45, 7) is 7.14. The molecule has 0 saturated carbocycles. The van der Waals surface area contributed by atoms with Crippen molar-refractivity contribution < 1.29 is 33.2 Å². The third-order valence-corrected chi connectivity index (χ3v) is 2.21. The monoisotopic (exact) mass is 297 g/mol. The number of nitrogens with zero attached hydrogens (tertiary/aromatic N) is 1. The molecule has 0 spiro atoms. The fourth-order valence-electron chi connectivity index (χ4n) is 1.61. The van der Waals surface area contributed by atoms with Crippen LogP contribution in [0.25, 0.3) is 0 Å². The highest BCUT2D eigenvalue weighted by molar-refractivity contribution is 5.07. The standard InChI is InChI=1S/C10H20NO.HI/c1-8-6-10(12-9(8)2)7-11(3,4)5;/h9-10H,1,6-7H2,2-5H3;1H/q+1;/p-1/t9-,10+;/m0./s1. The number of halogens is 1. The summed E-state index contributed by atoms with van der Waals surface area (Å²) in [5, 5.41) is 0. The fraction of sp³-hybridized carbons (Fsp3) is 0.800. The first-order valence-corrected chi connectivity index (χ1v) is 4.52. The maximum absolute atomic E-state index is 5.73. The van der Waals surface area contributed by atoms with Crippen molar-refractivity contribution in [3.8, 4) is 0 Å². The zero-order valence-electron chi connectivity index (χ0n) is 9.01. The van der Waals surface area contributed by atoms with Crippen molar-refractivity contribution in [3.05, 3.63) is 12.2 Å². The first-order valence-electron chi connectivity index (χ1n) is 4.52. The zero-order chi connectivity index (χ0) is 9.35. The number of ether oxygens (including phenoxy) is 1. The van der Waals surface area contributed by atoms with Crippen LogP contribution in [0.3, 0.4) is 0 Å². The van der Waals surface area contributed by atoms with Gasteiger partial charge in [0, 0.05) is 6.42 Å². The second kappa shape index (κ2) is 4.75. The van der Waals surface area contributed by atoms with E-state index in [4.69, 9.17) is 4.74 Å². The highest BCUT2D eigenvalue weighted by Gasteiger charge is 2.29. The molecule has 0 bridgehead atoms. The predicted molar refractivity (Wildman–Crippen MR) is 51.0 cm³/mol. The SMILES string of the molecule is C=C1C[C@H](C[N+](C)(C)C)O[C@H]1C.[I-]. The molecule has 1 saturated heterocycles. The van der Waals surface area contributed by atoms with Crippen LogP contribution < -0.4 is 24.0 Å². The number of likely N-dealkylation sites (N-methyl/N-ethyl adjacent to an activating group) is 1. The molecule has 0 aromatic heterocycles. The molecule has 0 aliphatic carbocycles. The molecule has 1 heterocycles. The van der Waals surface area contributed by atoms with Crippen molar-refractivity contribution in [2.45, 2.75) is 25.6 Å². The molecule has 1 rings (SSSR count). The van der Waals surface area contributed by atoms with Gasteiger partial charge < -0.3 is 33.2 Å². The van der Waals surface area contributed by atoms with Gasteiger partial charge in [-0.25, -0.2) is 0 Å². The van der Waals surface area contributed by atoms with Crippen molar-refractivity contribution in [1.29, 1.82) is 0 Å². The molecule has 1 aliphatic rings. The normalized spacial score (nSPS) is 28.8. The first kappa shape index (κ1) is 13.4. The molecule has 0 aromatic carbocycles. The van der Waals surface area contributed by atoms with Crippen LogP contribution in [0.15, 0.2) is 12.2 Å². The second-order valence-electron chi connectivity index (χ2n) is 4.74. The Morgan fingerprint density at radius 2 is 2.00 bits per heavy atom. The molecule has 0 unspecified atom stereocenters. The lowest BCUT2D eigenvalue weighted by Crippen LogP contribution is -3.00. The number of quaternary nitrogens is 1. The largest absolute Gasteiger partial charge is 1.00 e. The van der Waals surface area contributed by atoms with Crippen molar-refractivity contribution in [3.63, 3.8) is 0 Å². The van der Waals surface area contributed by atoms with Crippen LogP contribution in [0.2, 0.25) is 0 Å². The summed E-state index contributed by atoms with van der Waals surface area (Å²) in [6.07, 6.45) is 1.69. The lowest BCUT2D eigenvalue weighted by Gasteiger charge is -2.26. The maximum atomic E-state index is 5.73. The van der Waals surface area contributed by atoms with E-state index in [1.165, 1.54) is 5.57 Å². The van der Waals surface area contributed by atoms with Gasteiger partial charge in [0.1, 0.15) is 12.6 Å². The molecule has 0 aromatic rings. The van der Waals surface area contributed by atoms with Crippen molar-refractivity contribution in [2.24, 2.45) is 0 Å². The van der Waals surface area contributed by atoms with Crippen LogP contribution in [0.4, 0.5) is 0 Å². The van der Waals surface area contributed by atoms with E-state index in [9.17, 15) is 0 Å². The minimum Gasteiger partial charge on any atom is -1.00 e. The number of hydrogen-bond acceptors (Lipinski definition) is 1. The lowest BCUT2D eigenvalue weighted by atomic mass is 10.1. The Bertz CT molecular complexity index is 186. The molecule has 0 N–H and O–H groups in total. The van der Waals surface area contributed by atoms with Crippen molar-refractivity contribution in [1.82, 2.24) is 0 Å². The van der Waals surface area contributed by atoms with Gasteiger partial charge in [-0.1, -0.05) is 6.58 Å².